The molecule has 182 valence electrons. The number of carbonyl (C=O) groups excluding carboxylic acids is 1. The maximum Gasteiger partial charge on any atom is 0.348 e. The van der Waals surface area contributed by atoms with Crippen LogP contribution in [-0.2, 0) is 38.3 Å². The van der Waals surface area contributed by atoms with Crippen molar-refractivity contribution in [3.05, 3.63) is 95.8 Å². The number of aryl methyl sites for hydroxylation is 1. The second-order valence-corrected chi connectivity index (χ2v) is 9.81. The van der Waals surface area contributed by atoms with E-state index in [1.807, 2.05) is 4.57 Å². The number of imidazole rings is 1. The molecule has 0 amide bonds. The molecule has 0 fully saturated rings. The van der Waals surface area contributed by atoms with Crippen molar-refractivity contribution in [2.75, 3.05) is 0 Å². The number of hydrogen-bond donors (Lipinski definition) is 2. The summed E-state index contributed by atoms with van der Waals surface area (Å²) in [6, 6.07) is 21.7. The molecule has 0 aliphatic heterocycles. The van der Waals surface area contributed by atoms with Crippen LogP contribution < -0.4 is 5.14 Å². The minimum absolute atomic E-state index is 0.0452. The lowest BCUT2D eigenvalue weighted by Crippen LogP contribution is -2.38. The number of fused-ring (bicyclic) bond motifs is 1. The molecular formula is C26H27N3O5S. The van der Waals surface area contributed by atoms with Crippen LogP contribution >= 0.6 is 0 Å². The Hall–Kier alpha value is -3.53. The molecule has 0 saturated carbocycles. The quantitative estimate of drug-likeness (QED) is 0.344. The lowest BCUT2D eigenvalue weighted by molar-refractivity contribution is -0.164. The average Bonchev–Trinajstić information content (AvgIpc) is 3.22. The summed E-state index contributed by atoms with van der Waals surface area (Å²) in [5.74, 6) is -0.397. The molecule has 0 unspecified atom stereocenters. The second kappa shape index (κ2) is 9.99. The first-order valence-corrected chi connectivity index (χ1v) is 12.8. The molecule has 3 N–H and O–H groups in total. The Bertz CT molecular complexity index is 1390. The Balaban J connectivity index is 1.69. The third kappa shape index (κ3) is 4.97. The van der Waals surface area contributed by atoms with Crippen LogP contribution in [-0.4, -0.2) is 29.0 Å². The molecule has 0 atom stereocenters. The molecule has 0 saturated heterocycles. The van der Waals surface area contributed by atoms with Gasteiger partial charge in [-0.1, -0.05) is 74.0 Å². The highest BCUT2D eigenvalue weighted by Gasteiger charge is 2.41. The summed E-state index contributed by atoms with van der Waals surface area (Å²) in [5.41, 5.74) is -0.107. The molecule has 1 aromatic heterocycles. The van der Waals surface area contributed by atoms with E-state index >= 15 is 0 Å². The maximum absolute atomic E-state index is 13.4. The maximum atomic E-state index is 13.4. The number of primary sulfonamides is 1. The molecular weight excluding hydrogens is 466 g/mol. The van der Waals surface area contributed by atoms with Gasteiger partial charge in [0.15, 0.2) is 0 Å². The molecule has 0 radical (unpaired) electrons. The topological polar surface area (TPSA) is 125 Å². The van der Waals surface area contributed by atoms with Crippen molar-refractivity contribution < 1.29 is 23.1 Å². The zero-order valence-electron chi connectivity index (χ0n) is 19.3. The number of aliphatic hydroxyl groups is 1. The fraction of sp³-hybridized carbons (Fsp3) is 0.231. The van der Waals surface area contributed by atoms with Gasteiger partial charge >= 0.3 is 5.97 Å². The van der Waals surface area contributed by atoms with Crippen LogP contribution in [0.5, 0.6) is 0 Å². The van der Waals surface area contributed by atoms with Crippen molar-refractivity contribution >= 4 is 27.0 Å². The van der Waals surface area contributed by atoms with E-state index in [1.165, 1.54) is 12.1 Å². The van der Waals surface area contributed by atoms with Gasteiger partial charge in [0.1, 0.15) is 12.4 Å². The Morgan fingerprint density at radius 2 is 1.63 bits per heavy atom. The van der Waals surface area contributed by atoms with Crippen molar-refractivity contribution in [2.45, 2.75) is 43.4 Å². The first-order valence-electron chi connectivity index (χ1n) is 11.3. The van der Waals surface area contributed by atoms with E-state index in [1.54, 1.807) is 66.7 Å². The summed E-state index contributed by atoms with van der Waals surface area (Å²) in [5, 5.41) is 16.9. The van der Waals surface area contributed by atoms with Gasteiger partial charge in [-0.25, -0.2) is 23.3 Å². The fourth-order valence-electron chi connectivity index (χ4n) is 4.01. The third-order valence-corrected chi connectivity index (χ3v) is 6.78. The predicted octanol–water partition coefficient (Wildman–Crippen LogP) is 3.46. The molecule has 0 aliphatic carbocycles. The summed E-state index contributed by atoms with van der Waals surface area (Å²) in [6.45, 7) is 2.46. The number of nitrogens with two attached hydrogens (primary N) is 1. The summed E-state index contributed by atoms with van der Waals surface area (Å²) in [4.78, 5) is 17.8. The molecule has 0 aliphatic rings. The number of carbonyl (C=O) groups is 1. The molecule has 0 spiro atoms. The number of rotatable bonds is 9. The lowest BCUT2D eigenvalue weighted by atomic mass is 9.86. The van der Waals surface area contributed by atoms with Crippen molar-refractivity contribution in [1.29, 1.82) is 0 Å². The van der Waals surface area contributed by atoms with Gasteiger partial charge in [-0.3, -0.25) is 0 Å². The van der Waals surface area contributed by atoms with E-state index < -0.39 is 21.6 Å². The molecule has 1 heterocycles. The average molecular weight is 494 g/mol. The molecule has 0 bridgehead atoms. The van der Waals surface area contributed by atoms with E-state index in [-0.39, 0.29) is 11.5 Å². The summed E-state index contributed by atoms with van der Waals surface area (Å²) >= 11 is 0. The molecule has 3 aromatic carbocycles. The van der Waals surface area contributed by atoms with E-state index in [0.717, 1.165) is 12.8 Å². The number of benzene rings is 3. The van der Waals surface area contributed by atoms with Crippen LogP contribution in [0.2, 0.25) is 0 Å². The molecule has 35 heavy (non-hydrogen) atoms. The minimum Gasteiger partial charge on any atom is -0.455 e. The number of nitrogens with zero attached hydrogens (tertiary/aromatic N) is 2. The third-order valence-electron chi connectivity index (χ3n) is 5.87. The number of ether oxygens (including phenoxy) is 1. The van der Waals surface area contributed by atoms with Crippen molar-refractivity contribution in [2.24, 2.45) is 5.14 Å². The number of unbranched alkanes of at least 4 members (excludes halogenated alkanes) is 1. The minimum atomic E-state index is -3.89. The summed E-state index contributed by atoms with van der Waals surface area (Å²) in [7, 11) is -3.89. The molecule has 8 nitrogen and oxygen atoms in total. The molecule has 4 rings (SSSR count). The van der Waals surface area contributed by atoms with Gasteiger partial charge in [0.25, 0.3) is 0 Å². The van der Waals surface area contributed by atoms with Gasteiger partial charge in [0.05, 0.1) is 15.9 Å². The van der Waals surface area contributed by atoms with Gasteiger partial charge < -0.3 is 14.4 Å². The lowest BCUT2D eigenvalue weighted by Gasteiger charge is -2.27. The van der Waals surface area contributed by atoms with E-state index in [0.29, 0.717) is 34.5 Å². The van der Waals surface area contributed by atoms with Gasteiger partial charge in [0, 0.05) is 6.54 Å². The van der Waals surface area contributed by atoms with E-state index in [2.05, 4.69) is 11.9 Å². The van der Waals surface area contributed by atoms with Gasteiger partial charge in [-0.15, -0.1) is 0 Å². The first kappa shape index (κ1) is 24.6. The Morgan fingerprint density at radius 1 is 1.03 bits per heavy atom. The Labute approximate surface area is 204 Å². The highest BCUT2D eigenvalue weighted by Crippen LogP contribution is 2.31. The van der Waals surface area contributed by atoms with Crippen molar-refractivity contribution in [1.82, 2.24) is 9.55 Å². The monoisotopic (exact) mass is 493 g/mol. The standard InChI is InChI=1S/C26H27N3O5S/c1-2-3-16-29-23-15-14-21(35(27,32)33)17-22(23)28-24(29)18-34-25(30)26(31,19-10-6-4-7-11-19)20-12-8-5-9-13-20/h4-15,17,31H,2-3,16,18H2,1H3,(H2,27,32,33). The smallest absolute Gasteiger partial charge is 0.348 e. The number of hydrogen-bond acceptors (Lipinski definition) is 6. The summed E-state index contributed by atoms with van der Waals surface area (Å²) in [6.07, 6.45) is 1.78. The Kier molecular flexibility index (Phi) is 7.02. The van der Waals surface area contributed by atoms with Crippen LogP contribution in [0.1, 0.15) is 36.7 Å². The van der Waals surface area contributed by atoms with Crippen LogP contribution in [0.15, 0.2) is 83.8 Å². The van der Waals surface area contributed by atoms with Crippen LogP contribution in [0, 0.1) is 0 Å². The molecule has 4 aromatic rings. The number of sulfonamides is 1. The zero-order valence-corrected chi connectivity index (χ0v) is 20.1. The number of aromatic nitrogens is 2. The Morgan fingerprint density at radius 3 is 2.17 bits per heavy atom. The van der Waals surface area contributed by atoms with Gasteiger partial charge in [-0.2, -0.15) is 0 Å². The zero-order chi connectivity index (χ0) is 25.1. The summed E-state index contributed by atoms with van der Waals surface area (Å²) < 4.78 is 31.1. The van der Waals surface area contributed by atoms with Gasteiger partial charge in [-0.05, 0) is 35.7 Å². The van der Waals surface area contributed by atoms with E-state index in [4.69, 9.17) is 9.88 Å². The SMILES string of the molecule is CCCCn1c(COC(=O)C(O)(c2ccccc2)c2ccccc2)nc2cc(S(N)(=O)=O)ccc21. The van der Waals surface area contributed by atoms with Crippen LogP contribution in [0.3, 0.4) is 0 Å². The second-order valence-electron chi connectivity index (χ2n) is 8.25. The van der Waals surface area contributed by atoms with Crippen LogP contribution in [0.25, 0.3) is 11.0 Å². The fourth-order valence-corrected chi connectivity index (χ4v) is 4.54. The van der Waals surface area contributed by atoms with Crippen molar-refractivity contribution in [3.8, 4) is 0 Å². The highest BCUT2D eigenvalue weighted by atomic mass is 32.2. The van der Waals surface area contributed by atoms with Gasteiger partial charge in [0.2, 0.25) is 15.6 Å². The normalized spacial score (nSPS) is 12.1. The first-order chi connectivity index (χ1) is 16.7. The van der Waals surface area contributed by atoms with Crippen LogP contribution in [0.4, 0.5) is 0 Å². The predicted molar refractivity (Wildman–Crippen MR) is 132 cm³/mol. The number of esters is 1. The molecule has 9 heteroatoms. The van der Waals surface area contributed by atoms with Crippen molar-refractivity contribution in [3.63, 3.8) is 0 Å². The largest absolute Gasteiger partial charge is 0.455 e. The highest BCUT2D eigenvalue weighted by molar-refractivity contribution is 7.89. The van der Waals surface area contributed by atoms with E-state index in [9.17, 15) is 18.3 Å².